The minimum atomic E-state index is -0.799. The summed E-state index contributed by atoms with van der Waals surface area (Å²) in [5, 5.41) is 1.07. The molecule has 0 aliphatic heterocycles. The maximum Gasteiger partial charge on any atom is 0.345 e. The number of methoxy groups -OCH3 is 2. The fourth-order valence-electron chi connectivity index (χ4n) is 3.81. The molecule has 0 bridgehead atoms. The number of hydrogen-bond acceptors (Lipinski definition) is 6. The molecule has 0 aliphatic carbocycles. The number of aromatic nitrogens is 1. The predicted molar refractivity (Wildman–Crippen MR) is 147 cm³/mol. The van der Waals surface area contributed by atoms with Crippen LogP contribution in [-0.4, -0.2) is 36.9 Å². The molecule has 0 unspecified atom stereocenters. The molecule has 38 heavy (non-hydrogen) atoms. The second kappa shape index (κ2) is 10.8. The van der Waals surface area contributed by atoms with E-state index >= 15 is 0 Å². The first kappa shape index (κ1) is 26.4. The zero-order chi connectivity index (χ0) is 27.4. The largest absolute Gasteiger partial charge is 0.496 e. The fourth-order valence-corrected chi connectivity index (χ4v) is 3.81. The first-order valence-electron chi connectivity index (χ1n) is 12.0. The number of rotatable bonds is 7. The van der Waals surface area contributed by atoms with Gasteiger partial charge in [0.1, 0.15) is 11.5 Å². The zero-order valence-electron chi connectivity index (χ0n) is 22.0. The van der Waals surface area contributed by atoms with Crippen LogP contribution in [0, 0.1) is 5.41 Å². The SMILES string of the molecule is COc1cc(OC)c(-c2cc3ccccc3[nH]2)cc1/C=C/C(=O)c1ccc(C(=O)OC(=O)C(C)(C)C)cc1. The van der Waals surface area contributed by atoms with Gasteiger partial charge in [-0.15, -0.1) is 0 Å². The molecule has 1 heterocycles. The lowest BCUT2D eigenvalue weighted by Crippen LogP contribution is -2.25. The van der Waals surface area contributed by atoms with Crippen molar-refractivity contribution in [3.05, 3.63) is 89.5 Å². The van der Waals surface area contributed by atoms with E-state index in [1.54, 1.807) is 47.1 Å². The van der Waals surface area contributed by atoms with E-state index in [4.69, 9.17) is 14.2 Å². The highest BCUT2D eigenvalue weighted by Gasteiger charge is 2.26. The first-order chi connectivity index (χ1) is 18.1. The molecule has 0 spiro atoms. The standard InChI is InChI=1S/C31H29NO6/c1-31(2,3)30(35)38-29(34)20-12-10-19(11-13-20)26(33)15-14-22-16-23(28(37-5)18-27(22)36-4)25-17-21-8-6-7-9-24(21)32-25/h6-18,32H,1-5H3/b15-14+. The molecule has 0 fully saturated rings. The summed E-state index contributed by atoms with van der Waals surface area (Å²) in [6, 6.07) is 19.7. The van der Waals surface area contributed by atoms with Crippen molar-refractivity contribution >= 4 is 34.7 Å². The Morgan fingerprint density at radius 1 is 0.816 bits per heavy atom. The van der Waals surface area contributed by atoms with Gasteiger partial charge in [-0.2, -0.15) is 0 Å². The molecule has 0 atom stereocenters. The van der Waals surface area contributed by atoms with Crippen molar-refractivity contribution in [2.24, 2.45) is 5.41 Å². The van der Waals surface area contributed by atoms with Crippen LogP contribution in [0.2, 0.25) is 0 Å². The Hall–Kier alpha value is -4.65. The van der Waals surface area contributed by atoms with Crippen LogP contribution in [0.15, 0.2) is 72.8 Å². The van der Waals surface area contributed by atoms with Crippen LogP contribution in [0.5, 0.6) is 11.5 Å². The molecule has 0 saturated carbocycles. The van der Waals surface area contributed by atoms with E-state index in [1.165, 1.54) is 30.3 Å². The molecule has 4 rings (SSSR count). The minimum absolute atomic E-state index is 0.183. The van der Waals surface area contributed by atoms with Gasteiger partial charge in [0, 0.05) is 33.7 Å². The van der Waals surface area contributed by atoms with E-state index in [0.29, 0.717) is 22.6 Å². The maximum absolute atomic E-state index is 12.9. The summed E-state index contributed by atoms with van der Waals surface area (Å²) < 4.78 is 16.1. The number of carbonyl (C=O) groups excluding carboxylic acids is 3. The number of fused-ring (bicyclic) bond motifs is 1. The number of nitrogens with one attached hydrogen (secondary N) is 1. The number of aromatic amines is 1. The zero-order valence-corrected chi connectivity index (χ0v) is 22.0. The van der Waals surface area contributed by atoms with Crippen molar-refractivity contribution in [2.75, 3.05) is 14.2 Å². The number of ether oxygens (including phenoxy) is 3. The number of ketones is 1. The molecular weight excluding hydrogens is 482 g/mol. The Labute approximate surface area is 221 Å². The molecule has 4 aromatic rings. The van der Waals surface area contributed by atoms with Gasteiger partial charge < -0.3 is 19.2 Å². The Morgan fingerprint density at radius 2 is 1.47 bits per heavy atom. The number of para-hydroxylation sites is 1. The van der Waals surface area contributed by atoms with Crippen LogP contribution >= 0.6 is 0 Å². The van der Waals surface area contributed by atoms with Crippen LogP contribution in [0.4, 0.5) is 0 Å². The van der Waals surface area contributed by atoms with E-state index in [9.17, 15) is 14.4 Å². The van der Waals surface area contributed by atoms with Crippen molar-refractivity contribution < 1.29 is 28.6 Å². The number of esters is 2. The van der Waals surface area contributed by atoms with Gasteiger partial charge in [-0.3, -0.25) is 9.59 Å². The molecular formula is C31H29NO6. The highest BCUT2D eigenvalue weighted by Crippen LogP contribution is 2.37. The summed E-state index contributed by atoms with van der Waals surface area (Å²) in [4.78, 5) is 40.5. The molecule has 0 amide bonds. The molecule has 0 radical (unpaired) electrons. The Kier molecular flexibility index (Phi) is 7.48. The van der Waals surface area contributed by atoms with Gasteiger partial charge in [0.05, 0.1) is 30.9 Å². The normalized spacial score (nSPS) is 11.5. The van der Waals surface area contributed by atoms with Crippen LogP contribution in [-0.2, 0) is 9.53 Å². The lowest BCUT2D eigenvalue weighted by atomic mass is 9.97. The maximum atomic E-state index is 12.9. The smallest absolute Gasteiger partial charge is 0.345 e. The highest BCUT2D eigenvalue weighted by atomic mass is 16.6. The van der Waals surface area contributed by atoms with Crippen molar-refractivity contribution in [1.29, 1.82) is 0 Å². The second-order valence-corrected chi connectivity index (χ2v) is 9.77. The Bertz CT molecular complexity index is 1500. The number of benzene rings is 3. The lowest BCUT2D eigenvalue weighted by Gasteiger charge is -2.15. The van der Waals surface area contributed by atoms with Gasteiger partial charge in [-0.1, -0.05) is 30.3 Å². The second-order valence-electron chi connectivity index (χ2n) is 9.77. The van der Waals surface area contributed by atoms with Crippen molar-refractivity contribution in [1.82, 2.24) is 4.98 Å². The molecule has 1 aromatic heterocycles. The minimum Gasteiger partial charge on any atom is -0.496 e. The van der Waals surface area contributed by atoms with Crippen LogP contribution in [0.3, 0.4) is 0 Å². The lowest BCUT2D eigenvalue weighted by molar-refractivity contribution is -0.146. The van der Waals surface area contributed by atoms with Gasteiger partial charge >= 0.3 is 11.9 Å². The molecule has 3 aromatic carbocycles. The Morgan fingerprint density at radius 3 is 2.11 bits per heavy atom. The number of hydrogen-bond donors (Lipinski definition) is 1. The average Bonchev–Trinajstić information content (AvgIpc) is 3.35. The topological polar surface area (TPSA) is 94.7 Å². The summed E-state index contributed by atoms with van der Waals surface area (Å²) in [6.45, 7) is 4.99. The average molecular weight is 512 g/mol. The Balaban J connectivity index is 1.57. The molecule has 0 aliphatic rings. The van der Waals surface area contributed by atoms with E-state index < -0.39 is 17.4 Å². The predicted octanol–water partition coefficient (Wildman–Crippen LogP) is 6.48. The van der Waals surface area contributed by atoms with Crippen molar-refractivity contribution in [3.8, 4) is 22.8 Å². The summed E-state index contributed by atoms with van der Waals surface area (Å²) in [5.74, 6) is -0.463. The molecule has 1 N–H and O–H groups in total. The number of carbonyl (C=O) groups is 3. The summed E-state index contributed by atoms with van der Waals surface area (Å²) in [5.41, 5.74) is 3.15. The van der Waals surface area contributed by atoms with Gasteiger partial charge in [-0.25, -0.2) is 4.79 Å². The van der Waals surface area contributed by atoms with Crippen LogP contribution in [0.25, 0.3) is 28.2 Å². The van der Waals surface area contributed by atoms with Gasteiger partial charge in [0.15, 0.2) is 5.78 Å². The molecule has 7 nitrogen and oxygen atoms in total. The quantitative estimate of drug-likeness (QED) is 0.132. The van der Waals surface area contributed by atoms with Gasteiger partial charge in [-0.05, 0) is 63.3 Å². The third-order valence-corrected chi connectivity index (χ3v) is 5.99. The van der Waals surface area contributed by atoms with Gasteiger partial charge in [0.25, 0.3) is 0 Å². The number of H-pyrrole nitrogens is 1. The third-order valence-electron chi connectivity index (χ3n) is 5.99. The van der Waals surface area contributed by atoms with Gasteiger partial charge in [0.2, 0.25) is 0 Å². The fraction of sp³-hybridized carbons (Fsp3) is 0.194. The first-order valence-corrected chi connectivity index (χ1v) is 12.0. The molecule has 194 valence electrons. The van der Waals surface area contributed by atoms with E-state index in [-0.39, 0.29) is 11.3 Å². The van der Waals surface area contributed by atoms with Crippen LogP contribution < -0.4 is 9.47 Å². The van der Waals surface area contributed by atoms with Crippen LogP contribution in [0.1, 0.15) is 47.1 Å². The summed E-state index contributed by atoms with van der Waals surface area (Å²) in [6.07, 6.45) is 3.12. The van der Waals surface area contributed by atoms with Crippen molar-refractivity contribution in [2.45, 2.75) is 20.8 Å². The molecule has 7 heteroatoms. The van der Waals surface area contributed by atoms with Crippen molar-refractivity contribution in [3.63, 3.8) is 0 Å². The summed E-state index contributed by atoms with van der Waals surface area (Å²) >= 11 is 0. The van der Waals surface area contributed by atoms with E-state index in [1.807, 2.05) is 36.4 Å². The highest BCUT2D eigenvalue weighted by molar-refractivity contribution is 6.07. The molecule has 0 saturated heterocycles. The summed E-state index contributed by atoms with van der Waals surface area (Å²) in [7, 11) is 3.15. The van der Waals surface area contributed by atoms with E-state index in [2.05, 4.69) is 4.98 Å². The third kappa shape index (κ3) is 5.67. The van der Waals surface area contributed by atoms with E-state index in [0.717, 1.165) is 22.2 Å². The monoisotopic (exact) mass is 511 g/mol. The number of allylic oxidation sites excluding steroid dienone is 1.